The van der Waals surface area contributed by atoms with E-state index >= 15 is 0 Å². The Morgan fingerprint density at radius 3 is 2.08 bits per heavy atom. The van der Waals surface area contributed by atoms with Crippen LogP contribution in [0.3, 0.4) is 0 Å². The molecule has 0 aliphatic heterocycles. The minimum absolute atomic E-state index is 0.251. The van der Waals surface area contributed by atoms with Gasteiger partial charge < -0.3 is 19.7 Å². The fourth-order valence-electron chi connectivity index (χ4n) is 2.44. The van der Waals surface area contributed by atoms with Crippen molar-refractivity contribution in [2.45, 2.75) is 51.4 Å². The first-order chi connectivity index (χ1) is 12.1. The number of hydrogen-bond acceptors (Lipinski definition) is 4. The SMILES string of the molecule is O=C(O)CCCCCCCCc1ccc(OCCOCC(=O)O)cc1. The largest absolute Gasteiger partial charge is 0.491 e. The van der Waals surface area contributed by atoms with E-state index in [9.17, 15) is 9.59 Å². The Balaban J connectivity index is 2.04. The van der Waals surface area contributed by atoms with Crippen LogP contribution < -0.4 is 4.74 Å². The van der Waals surface area contributed by atoms with Crippen molar-refractivity contribution in [3.8, 4) is 5.75 Å². The van der Waals surface area contributed by atoms with E-state index in [1.165, 1.54) is 5.56 Å². The third-order valence-corrected chi connectivity index (χ3v) is 3.75. The second-order valence-electron chi connectivity index (χ2n) is 5.95. The summed E-state index contributed by atoms with van der Waals surface area (Å²) < 4.78 is 10.4. The lowest BCUT2D eigenvalue weighted by Gasteiger charge is -2.07. The minimum Gasteiger partial charge on any atom is -0.491 e. The van der Waals surface area contributed by atoms with E-state index in [-0.39, 0.29) is 19.6 Å². The van der Waals surface area contributed by atoms with Crippen molar-refractivity contribution in [2.24, 2.45) is 0 Å². The molecule has 1 rings (SSSR count). The second kappa shape index (κ2) is 13.2. The van der Waals surface area contributed by atoms with E-state index in [1.54, 1.807) is 0 Å². The van der Waals surface area contributed by atoms with Crippen LogP contribution in [0.5, 0.6) is 5.75 Å². The quantitative estimate of drug-likeness (QED) is 0.469. The van der Waals surface area contributed by atoms with E-state index in [4.69, 9.17) is 19.7 Å². The molecule has 0 radical (unpaired) electrons. The topological polar surface area (TPSA) is 93.1 Å². The highest BCUT2D eigenvalue weighted by Crippen LogP contribution is 2.15. The first-order valence-electron chi connectivity index (χ1n) is 8.81. The molecule has 0 saturated heterocycles. The predicted octanol–water partition coefficient (Wildman–Crippen LogP) is 3.52. The summed E-state index contributed by atoms with van der Waals surface area (Å²) in [6.07, 6.45) is 7.61. The lowest BCUT2D eigenvalue weighted by Crippen LogP contribution is -2.12. The first-order valence-corrected chi connectivity index (χ1v) is 8.81. The number of hydrogen-bond donors (Lipinski definition) is 2. The molecule has 0 atom stereocenters. The number of ether oxygens (including phenoxy) is 2. The van der Waals surface area contributed by atoms with Gasteiger partial charge in [-0.05, 0) is 37.0 Å². The monoisotopic (exact) mass is 352 g/mol. The number of rotatable bonds is 15. The molecule has 0 aliphatic rings. The number of carbonyl (C=O) groups is 2. The predicted molar refractivity (Wildman–Crippen MR) is 94.1 cm³/mol. The molecule has 0 heterocycles. The van der Waals surface area contributed by atoms with Gasteiger partial charge in [0.05, 0.1) is 6.61 Å². The molecule has 0 bridgehead atoms. The maximum absolute atomic E-state index is 10.4. The number of aryl methyl sites for hydroxylation is 1. The Morgan fingerprint density at radius 2 is 1.44 bits per heavy atom. The van der Waals surface area contributed by atoms with Crippen molar-refractivity contribution in [3.63, 3.8) is 0 Å². The van der Waals surface area contributed by atoms with Crippen LogP contribution in [0.2, 0.25) is 0 Å². The minimum atomic E-state index is -0.982. The van der Waals surface area contributed by atoms with Crippen molar-refractivity contribution in [3.05, 3.63) is 29.8 Å². The molecule has 0 fully saturated rings. The Labute approximate surface area is 148 Å². The second-order valence-corrected chi connectivity index (χ2v) is 5.95. The van der Waals surface area contributed by atoms with Gasteiger partial charge in [-0.15, -0.1) is 0 Å². The number of aliphatic carboxylic acids is 2. The first kappa shape index (κ1) is 21.0. The van der Waals surface area contributed by atoms with Gasteiger partial charge in [0.2, 0.25) is 0 Å². The van der Waals surface area contributed by atoms with Gasteiger partial charge in [0.25, 0.3) is 0 Å². The summed E-state index contributed by atoms with van der Waals surface area (Å²) >= 11 is 0. The van der Waals surface area contributed by atoms with Gasteiger partial charge in [0.1, 0.15) is 19.0 Å². The average molecular weight is 352 g/mol. The molecule has 25 heavy (non-hydrogen) atoms. The van der Waals surface area contributed by atoms with Crippen LogP contribution in [0.1, 0.15) is 50.5 Å². The fourth-order valence-corrected chi connectivity index (χ4v) is 2.44. The summed E-state index contributed by atoms with van der Waals surface area (Å²) in [7, 11) is 0. The molecule has 140 valence electrons. The smallest absolute Gasteiger partial charge is 0.329 e. The molecule has 0 unspecified atom stereocenters. The molecule has 0 spiro atoms. The maximum Gasteiger partial charge on any atom is 0.329 e. The van der Waals surface area contributed by atoms with Crippen LogP contribution in [0.15, 0.2) is 24.3 Å². The number of benzene rings is 1. The molecule has 1 aromatic carbocycles. The van der Waals surface area contributed by atoms with Crippen LogP contribution in [-0.4, -0.2) is 42.0 Å². The van der Waals surface area contributed by atoms with Crippen LogP contribution in [0.4, 0.5) is 0 Å². The molecular formula is C19H28O6. The fraction of sp³-hybridized carbons (Fsp3) is 0.579. The molecule has 1 aromatic rings. The Morgan fingerprint density at radius 1 is 0.800 bits per heavy atom. The Kier molecular flexibility index (Phi) is 11.1. The lowest BCUT2D eigenvalue weighted by molar-refractivity contribution is -0.142. The number of carboxylic acids is 2. The maximum atomic E-state index is 10.4. The van der Waals surface area contributed by atoms with E-state index in [0.29, 0.717) is 6.61 Å². The molecular weight excluding hydrogens is 324 g/mol. The third-order valence-electron chi connectivity index (χ3n) is 3.75. The summed E-state index contributed by atoms with van der Waals surface area (Å²) in [6.45, 7) is 0.275. The highest BCUT2D eigenvalue weighted by Gasteiger charge is 2.00. The van der Waals surface area contributed by atoms with Crippen molar-refractivity contribution in [1.29, 1.82) is 0 Å². The average Bonchev–Trinajstić information content (AvgIpc) is 2.57. The van der Waals surface area contributed by atoms with Gasteiger partial charge in [0.15, 0.2) is 0 Å². The third kappa shape index (κ3) is 12.0. The highest BCUT2D eigenvalue weighted by molar-refractivity contribution is 5.68. The zero-order valence-electron chi connectivity index (χ0n) is 14.6. The Bertz CT molecular complexity index is 497. The number of unbranched alkanes of at least 4 members (excludes halogenated alkanes) is 5. The number of carboxylic acid groups (broad SMARTS) is 2. The summed E-state index contributed by atoms with van der Waals surface area (Å²) in [6, 6.07) is 7.91. The van der Waals surface area contributed by atoms with Gasteiger partial charge >= 0.3 is 11.9 Å². The van der Waals surface area contributed by atoms with Gasteiger partial charge in [-0.25, -0.2) is 4.79 Å². The summed E-state index contributed by atoms with van der Waals surface area (Å²) in [5.74, 6) is -0.939. The van der Waals surface area contributed by atoms with Crippen molar-refractivity contribution < 1.29 is 29.3 Å². The molecule has 6 nitrogen and oxygen atoms in total. The standard InChI is InChI=1S/C19H28O6/c20-18(21)8-6-4-2-1-3-5-7-16-9-11-17(12-10-16)25-14-13-24-15-19(22)23/h9-12H,1-8,13-15H2,(H,20,21)(H,22,23). The van der Waals surface area contributed by atoms with E-state index in [2.05, 4.69) is 0 Å². The van der Waals surface area contributed by atoms with Crippen molar-refractivity contribution >= 4 is 11.9 Å². The van der Waals surface area contributed by atoms with E-state index in [1.807, 2.05) is 24.3 Å². The molecule has 2 N–H and O–H groups in total. The van der Waals surface area contributed by atoms with Crippen molar-refractivity contribution in [2.75, 3.05) is 19.8 Å². The molecule has 0 amide bonds. The zero-order chi connectivity index (χ0) is 18.3. The Hall–Kier alpha value is -2.08. The summed E-state index contributed by atoms with van der Waals surface area (Å²) in [4.78, 5) is 20.7. The van der Waals surface area contributed by atoms with Gasteiger partial charge in [-0.3, -0.25) is 4.79 Å². The van der Waals surface area contributed by atoms with Gasteiger partial charge in [0, 0.05) is 6.42 Å². The molecule has 0 saturated carbocycles. The highest BCUT2D eigenvalue weighted by atomic mass is 16.5. The summed E-state index contributed by atoms with van der Waals surface area (Å²) in [5, 5.41) is 17.0. The summed E-state index contributed by atoms with van der Waals surface area (Å²) in [5.41, 5.74) is 1.26. The van der Waals surface area contributed by atoms with Crippen LogP contribution in [0, 0.1) is 0 Å². The van der Waals surface area contributed by atoms with E-state index in [0.717, 1.165) is 50.7 Å². The van der Waals surface area contributed by atoms with Crippen molar-refractivity contribution in [1.82, 2.24) is 0 Å². The lowest BCUT2D eigenvalue weighted by atomic mass is 10.0. The molecule has 6 heteroatoms. The van der Waals surface area contributed by atoms with Crippen LogP contribution in [0.25, 0.3) is 0 Å². The van der Waals surface area contributed by atoms with E-state index < -0.39 is 11.9 Å². The molecule has 0 aromatic heterocycles. The zero-order valence-corrected chi connectivity index (χ0v) is 14.6. The van der Waals surface area contributed by atoms with Gasteiger partial charge in [-0.1, -0.05) is 37.8 Å². The van der Waals surface area contributed by atoms with Crippen LogP contribution in [-0.2, 0) is 20.7 Å². The molecule has 0 aliphatic carbocycles. The van der Waals surface area contributed by atoms with Crippen LogP contribution >= 0.6 is 0 Å². The normalized spacial score (nSPS) is 10.6. The van der Waals surface area contributed by atoms with Gasteiger partial charge in [-0.2, -0.15) is 0 Å².